The molecule has 1 aliphatic rings. The topological polar surface area (TPSA) is 49.3 Å². The van der Waals surface area contributed by atoms with E-state index in [9.17, 15) is 9.90 Å². The van der Waals surface area contributed by atoms with E-state index in [0.717, 1.165) is 44.9 Å². The number of nitrogens with one attached hydrogen (secondary N) is 1. The van der Waals surface area contributed by atoms with E-state index in [-0.39, 0.29) is 17.1 Å². The number of aliphatic hydroxyl groups excluding tert-OH is 1. The van der Waals surface area contributed by atoms with Crippen LogP contribution in [0.4, 0.5) is 0 Å². The smallest absolute Gasteiger partial charge is 0.126 e. The first-order chi connectivity index (χ1) is 7.43. The SMILES string of the molecule is CCNC(C)(C)CC1(C=O)CCC(O)CC1. The average Bonchev–Trinajstić information content (AvgIpc) is 2.21. The molecule has 0 bridgehead atoms. The standard InChI is InChI=1S/C13H25NO2/c1-4-14-12(2,3)9-13(10-15)7-5-11(16)6-8-13/h10-11,14,16H,4-9H2,1-3H3. The van der Waals surface area contributed by atoms with Crippen molar-refractivity contribution in [2.45, 2.75) is 64.5 Å². The maximum absolute atomic E-state index is 11.4. The van der Waals surface area contributed by atoms with Gasteiger partial charge in [0.15, 0.2) is 0 Å². The van der Waals surface area contributed by atoms with E-state index < -0.39 is 0 Å². The van der Waals surface area contributed by atoms with Gasteiger partial charge in [0, 0.05) is 11.0 Å². The van der Waals surface area contributed by atoms with E-state index in [0.29, 0.717) is 0 Å². The van der Waals surface area contributed by atoms with E-state index in [1.54, 1.807) is 0 Å². The number of aliphatic hydroxyl groups is 1. The summed E-state index contributed by atoms with van der Waals surface area (Å²) in [6.07, 6.45) is 4.97. The first-order valence-corrected chi connectivity index (χ1v) is 6.32. The van der Waals surface area contributed by atoms with Gasteiger partial charge in [-0.25, -0.2) is 0 Å². The van der Waals surface area contributed by atoms with Crippen LogP contribution in [0.25, 0.3) is 0 Å². The number of carbonyl (C=O) groups is 1. The molecule has 0 radical (unpaired) electrons. The summed E-state index contributed by atoms with van der Waals surface area (Å²) in [5.74, 6) is 0. The molecule has 3 nitrogen and oxygen atoms in total. The van der Waals surface area contributed by atoms with Crippen LogP contribution in [0.3, 0.4) is 0 Å². The van der Waals surface area contributed by atoms with Gasteiger partial charge in [0.05, 0.1) is 6.10 Å². The van der Waals surface area contributed by atoms with Crippen molar-refractivity contribution >= 4 is 6.29 Å². The maximum atomic E-state index is 11.4. The molecule has 0 aromatic carbocycles. The fourth-order valence-corrected chi connectivity index (χ4v) is 2.93. The molecule has 1 aliphatic carbocycles. The second kappa shape index (κ2) is 5.28. The summed E-state index contributed by atoms with van der Waals surface area (Å²) >= 11 is 0. The van der Waals surface area contributed by atoms with Crippen molar-refractivity contribution < 1.29 is 9.90 Å². The van der Waals surface area contributed by atoms with Crippen molar-refractivity contribution in [3.05, 3.63) is 0 Å². The van der Waals surface area contributed by atoms with Crippen molar-refractivity contribution in [3.8, 4) is 0 Å². The van der Waals surface area contributed by atoms with Gasteiger partial charge in [-0.15, -0.1) is 0 Å². The average molecular weight is 227 g/mol. The Morgan fingerprint density at radius 2 is 2.00 bits per heavy atom. The molecule has 0 heterocycles. The molecule has 0 amide bonds. The van der Waals surface area contributed by atoms with Crippen LogP contribution >= 0.6 is 0 Å². The number of hydrogen-bond donors (Lipinski definition) is 2. The molecule has 1 saturated carbocycles. The second-order valence-corrected chi connectivity index (χ2v) is 5.80. The third-order valence-electron chi connectivity index (χ3n) is 3.65. The van der Waals surface area contributed by atoms with Crippen LogP contribution in [0.1, 0.15) is 52.9 Å². The molecular formula is C13H25NO2. The fourth-order valence-electron chi connectivity index (χ4n) is 2.93. The van der Waals surface area contributed by atoms with Crippen molar-refractivity contribution in [2.75, 3.05) is 6.54 Å². The van der Waals surface area contributed by atoms with E-state index >= 15 is 0 Å². The highest BCUT2D eigenvalue weighted by Crippen LogP contribution is 2.40. The van der Waals surface area contributed by atoms with Gasteiger partial charge >= 0.3 is 0 Å². The summed E-state index contributed by atoms with van der Waals surface area (Å²) in [7, 11) is 0. The van der Waals surface area contributed by atoms with Crippen LogP contribution in [0.2, 0.25) is 0 Å². The van der Waals surface area contributed by atoms with Crippen LogP contribution in [0, 0.1) is 5.41 Å². The largest absolute Gasteiger partial charge is 0.393 e. The zero-order valence-electron chi connectivity index (χ0n) is 10.8. The quantitative estimate of drug-likeness (QED) is 0.705. The minimum absolute atomic E-state index is 0.00203. The lowest BCUT2D eigenvalue weighted by Crippen LogP contribution is -2.46. The molecule has 1 rings (SSSR count). The van der Waals surface area contributed by atoms with E-state index in [2.05, 4.69) is 26.1 Å². The van der Waals surface area contributed by atoms with Crippen molar-refractivity contribution in [3.63, 3.8) is 0 Å². The Kier molecular flexibility index (Phi) is 4.51. The lowest BCUT2D eigenvalue weighted by atomic mass is 9.68. The minimum Gasteiger partial charge on any atom is -0.393 e. The monoisotopic (exact) mass is 227 g/mol. The molecule has 1 fully saturated rings. The Bertz CT molecular complexity index is 230. The lowest BCUT2D eigenvalue weighted by Gasteiger charge is -2.40. The third kappa shape index (κ3) is 3.56. The highest BCUT2D eigenvalue weighted by Gasteiger charge is 2.38. The van der Waals surface area contributed by atoms with Crippen LogP contribution in [0.15, 0.2) is 0 Å². The van der Waals surface area contributed by atoms with Crippen LogP contribution in [-0.4, -0.2) is 29.6 Å². The van der Waals surface area contributed by atoms with E-state index in [4.69, 9.17) is 0 Å². The molecular weight excluding hydrogens is 202 g/mol. The maximum Gasteiger partial charge on any atom is 0.126 e. The highest BCUT2D eigenvalue weighted by atomic mass is 16.3. The molecule has 0 atom stereocenters. The van der Waals surface area contributed by atoms with Gasteiger partial charge in [0.2, 0.25) is 0 Å². The first-order valence-electron chi connectivity index (χ1n) is 6.32. The van der Waals surface area contributed by atoms with E-state index in [1.165, 1.54) is 0 Å². The van der Waals surface area contributed by atoms with Crippen LogP contribution < -0.4 is 5.32 Å². The van der Waals surface area contributed by atoms with Crippen molar-refractivity contribution in [1.29, 1.82) is 0 Å². The minimum atomic E-state index is -0.217. The predicted octanol–water partition coefficient (Wildman–Crippen LogP) is 1.88. The lowest BCUT2D eigenvalue weighted by molar-refractivity contribution is -0.120. The van der Waals surface area contributed by atoms with Gasteiger partial charge in [-0.2, -0.15) is 0 Å². The number of hydrogen-bond acceptors (Lipinski definition) is 3. The second-order valence-electron chi connectivity index (χ2n) is 5.80. The Morgan fingerprint density at radius 3 is 2.44 bits per heavy atom. The molecule has 3 heteroatoms. The van der Waals surface area contributed by atoms with E-state index in [1.807, 2.05) is 0 Å². The van der Waals surface area contributed by atoms with Crippen LogP contribution in [-0.2, 0) is 4.79 Å². The van der Waals surface area contributed by atoms with Gasteiger partial charge in [0.1, 0.15) is 6.29 Å². The molecule has 0 saturated heterocycles. The molecule has 0 unspecified atom stereocenters. The molecule has 0 aliphatic heterocycles. The molecule has 16 heavy (non-hydrogen) atoms. The van der Waals surface area contributed by atoms with Gasteiger partial charge in [0.25, 0.3) is 0 Å². The van der Waals surface area contributed by atoms with Gasteiger partial charge in [-0.1, -0.05) is 6.92 Å². The summed E-state index contributed by atoms with van der Waals surface area (Å²) in [5, 5.41) is 12.9. The Labute approximate surface area is 98.6 Å². The van der Waals surface area contributed by atoms with Gasteiger partial charge in [-0.3, -0.25) is 0 Å². The summed E-state index contributed by atoms with van der Waals surface area (Å²) in [6, 6.07) is 0. The molecule has 94 valence electrons. The molecule has 2 N–H and O–H groups in total. The molecule has 0 aromatic heterocycles. The zero-order chi connectivity index (χ0) is 12.2. The fraction of sp³-hybridized carbons (Fsp3) is 0.923. The Balaban J connectivity index is 2.63. The number of rotatable bonds is 5. The Hall–Kier alpha value is -0.410. The van der Waals surface area contributed by atoms with Crippen molar-refractivity contribution in [2.24, 2.45) is 5.41 Å². The predicted molar refractivity (Wildman–Crippen MR) is 65.3 cm³/mol. The summed E-state index contributed by atoms with van der Waals surface area (Å²) in [4.78, 5) is 11.4. The molecule has 0 aromatic rings. The number of carbonyl (C=O) groups excluding carboxylic acids is 1. The van der Waals surface area contributed by atoms with Crippen LogP contribution in [0.5, 0.6) is 0 Å². The molecule has 0 spiro atoms. The van der Waals surface area contributed by atoms with Crippen molar-refractivity contribution in [1.82, 2.24) is 5.32 Å². The number of aldehydes is 1. The van der Waals surface area contributed by atoms with Gasteiger partial charge < -0.3 is 15.2 Å². The normalized spacial score (nSPS) is 31.4. The Morgan fingerprint density at radius 1 is 1.44 bits per heavy atom. The summed E-state index contributed by atoms with van der Waals surface area (Å²) < 4.78 is 0. The first kappa shape index (κ1) is 13.7. The van der Waals surface area contributed by atoms with Gasteiger partial charge in [-0.05, 0) is 52.5 Å². The summed E-state index contributed by atoms with van der Waals surface area (Å²) in [6.45, 7) is 7.30. The third-order valence-corrected chi connectivity index (χ3v) is 3.65. The zero-order valence-corrected chi connectivity index (χ0v) is 10.8. The summed E-state index contributed by atoms with van der Waals surface area (Å²) in [5.41, 5.74) is -0.219. The highest BCUT2D eigenvalue weighted by molar-refractivity contribution is 5.59.